The molecule has 1 unspecified atom stereocenters. The smallest absolute Gasteiger partial charge is 0.107 e. The number of aromatic nitrogens is 1. The van der Waals surface area contributed by atoms with E-state index in [1.807, 2.05) is 0 Å². The van der Waals surface area contributed by atoms with E-state index in [0.29, 0.717) is 5.92 Å². The van der Waals surface area contributed by atoms with E-state index in [0.717, 1.165) is 25.6 Å². The normalized spacial score (nSPS) is 20.1. The van der Waals surface area contributed by atoms with Crippen molar-refractivity contribution in [2.24, 2.45) is 11.8 Å². The Morgan fingerprint density at radius 2 is 2.35 bits per heavy atom. The number of nitrogens with one attached hydrogen (secondary N) is 1. The molecule has 0 spiro atoms. The quantitative estimate of drug-likeness (QED) is 0.795. The van der Waals surface area contributed by atoms with Crippen LogP contribution >= 0.6 is 11.3 Å². The molecule has 1 aromatic rings. The molecule has 0 amide bonds. The first-order valence-electron chi connectivity index (χ1n) is 8.03. The van der Waals surface area contributed by atoms with Gasteiger partial charge in [-0.05, 0) is 37.8 Å². The van der Waals surface area contributed by atoms with Crippen molar-refractivity contribution in [2.45, 2.75) is 53.1 Å². The molecule has 1 aromatic heterocycles. The Kier molecular flexibility index (Phi) is 6.46. The standard InChI is InChI=1S/C16H29N3S/c1-4-5-14-6-7-19(10-14)11-15-12-20-16(18-15)9-17-8-13(2)3/h12-14,17H,4-11H2,1-3H3. The van der Waals surface area contributed by atoms with Crippen molar-refractivity contribution in [3.8, 4) is 0 Å². The average Bonchev–Trinajstić information content (AvgIpc) is 3.00. The van der Waals surface area contributed by atoms with E-state index < -0.39 is 0 Å². The number of hydrogen-bond acceptors (Lipinski definition) is 4. The Hall–Kier alpha value is -0.450. The first-order valence-corrected chi connectivity index (χ1v) is 8.91. The highest BCUT2D eigenvalue weighted by atomic mass is 32.1. The predicted octanol–water partition coefficient (Wildman–Crippen LogP) is 3.51. The minimum absolute atomic E-state index is 0.703. The molecule has 0 saturated carbocycles. The summed E-state index contributed by atoms with van der Waals surface area (Å²) in [4.78, 5) is 7.33. The zero-order chi connectivity index (χ0) is 14.4. The minimum Gasteiger partial charge on any atom is -0.310 e. The Bertz CT molecular complexity index is 389. The number of nitrogens with zero attached hydrogens (tertiary/aromatic N) is 2. The van der Waals surface area contributed by atoms with Crippen LogP contribution in [0, 0.1) is 11.8 Å². The lowest BCUT2D eigenvalue weighted by Gasteiger charge is -2.14. The molecular formula is C16H29N3S. The Morgan fingerprint density at radius 1 is 1.50 bits per heavy atom. The number of likely N-dealkylation sites (tertiary alicyclic amines) is 1. The first kappa shape index (κ1) is 15.9. The van der Waals surface area contributed by atoms with E-state index in [9.17, 15) is 0 Å². The summed E-state index contributed by atoms with van der Waals surface area (Å²) < 4.78 is 0. The molecule has 1 fully saturated rings. The van der Waals surface area contributed by atoms with Crippen molar-refractivity contribution in [3.05, 3.63) is 16.1 Å². The summed E-state index contributed by atoms with van der Waals surface area (Å²) in [6, 6.07) is 0. The van der Waals surface area contributed by atoms with Crippen LogP contribution in [0.1, 0.15) is 50.7 Å². The summed E-state index contributed by atoms with van der Waals surface area (Å²) in [5, 5.41) is 6.93. The molecule has 1 aliphatic rings. The van der Waals surface area contributed by atoms with Crippen molar-refractivity contribution in [1.82, 2.24) is 15.2 Å². The molecule has 1 saturated heterocycles. The van der Waals surface area contributed by atoms with Gasteiger partial charge in [-0.1, -0.05) is 27.2 Å². The van der Waals surface area contributed by atoms with Gasteiger partial charge in [-0.2, -0.15) is 0 Å². The molecule has 0 radical (unpaired) electrons. The number of hydrogen-bond donors (Lipinski definition) is 1. The lowest BCUT2D eigenvalue weighted by Crippen LogP contribution is -2.21. The lowest BCUT2D eigenvalue weighted by molar-refractivity contribution is 0.309. The van der Waals surface area contributed by atoms with Crippen LogP contribution in [0.3, 0.4) is 0 Å². The molecule has 0 aromatic carbocycles. The summed E-state index contributed by atoms with van der Waals surface area (Å²) in [5.41, 5.74) is 1.26. The molecule has 2 rings (SSSR count). The second-order valence-corrected chi connectivity index (χ2v) is 7.38. The van der Waals surface area contributed by atoms with Gasteiger partial charge in [0.25, 0.3) is 0 Å². The van der Waals surface area contributed by atoms with Crippen LogP contribution in [0.2, 0.25) is 0 Å². The van der Waals surface area contributed by atoms with E-state index in [1.165, 1.54) is 43.1 Å². The van der Waals surface area contributed by atoms with Gasteiger partial charge in [-0.15, -0.1) is 11.3 Å². The third kappa shape index (κ3) is 5.15. The van der Waals surface area contributed by atoms with Gasteiger partial charge in [0, 0.05) is 25.0 Å². The maximum absolute atomic E-state index is 4.76. The molecular weight excluding hydrogens is 266 g/mol. The maximum Gasteiger partial charge on any atom is 0.107 e. The average molecular weight is 295 g/mol. The summed E-state index contributed by atoms with van der Waals surface area (Å²) in [7, 11) is 0. The zero-order valence-corrected chi connectivity index (χ0v) is 14.0. The molecule has 114 valence electrons. The fourth-order valence-electron chi connectivity index (χ4n) is 2.90. The van der Waals surface area contributed by atoms with Crippen LogP contribution in [-0.2, 0) is 13.1 Å². The van der Waals surface area contributed by atoms with E-state index in [1.54, 1.807) is 11.3 Å². The van der Waals surface area contributed by atoms with Crippen LogP contribution in [0.4, 0.5) is 0 Å². The van der Waals surface area contributed by atoms with Gasteiger partial charge in [0.1, 0.15) is 5.01 Å². The molecule has 0 bridgehead atoms. The summed E-state index contributed by atoms with van der Waals surface area (Å²) in [6.07, 6.45) is 4.08. The fraction of sp³-hybridized carbons (Fsp3) is 0.812. The second kappa shape index (κ2) is 8.11. The lowest BCUT2D eigenvalue weighted by atomic mass is 10.0. The van der Waals surface area contributed by atoms with E-state index in [2.05, 4.69) is 36.4 Å². The van der Waals surface area contributed by atoms with Gasteiger partial charge in [-0.25, -0.2) is 4.98 Å². The zero-order valence-electron chi connectivity index (χ0n) is 13.2. The van der Waals surface area contributed by atoms with Crippen LogP contribution in [-0.4, -0.2) is 29.5 Å². The van der Waals surface area contributed by atoms with Gasteiger partial charge in [0.2, 0.25) is 0 Å². The van der Waals surface area contributed by atoms with Gasteiger partial charge in [0.05, 0.1) is 5.69 Å². The van der Waals surface area contributed by atoms with Gasteiger partial charge in [-0.3, -0.25) is 4.90 Å². The Labute approximate surface area is 127 Å². The van der Waals surface area contributed by atoms with Crippen LogP contribution in [0.25, 0.3) is 0 Å². The van der Waals surface area contributed by atoms with Gasteiger partial charge >= 0.3 is 0 Å². The van der Waals surface area contributed by atoms with E-state index in [-0.39, 0.29) is 0 Å². The molecule has 20 heavy (non-hydrogen) atoms. The van der Waals surface area contributed by atoms with Crippen molar-refractivity contribution in [3.63, 3.8) is 0 Å². The Morgan fingerprint density at radius 3 is 3.10 bits per heavy atom. The van der Waals surface area contributed by atoms with Crippen LogP contribution < -0.4 is 5.32 Å². The van der Waals surface area contributed by atoms with Crippen molar-refractivity contribution >= 4 is 11.3 Å². The third-order valence-electron chi connectivity index (χ3n) is 3.88. The highest BCUT2D eigenvalue weighted by molar-refractivity contribution is 7.09. The van der Waals surface area contributed by atoms with Gasteiger partial charge < -0.3 is 5.32 Å². The number of thiazole rings is 1. The minimum atomic E-state index is 0.703. The summed E-state index contributed by atoms with van der Waals surface area (Å²) in [5.74, 6) is 1.63. The first-order chi connectivity index (χ1) is 9.67. The van der Waals surface area contributed by atoms with E-state index in [4.69, 9.17) is 4.98 Å². The maximum atomic E-state index is 4.76. The Balaban J connectivity index is 1.73. The topological polar surface area (TPSA) is 28.2 Å². The molecule has 3 nitrogen and oxygen atoms in total. The molecule has 1 aliphatic heterocycles. The summed E-state index contributed by atoms with van der Waals surface area (Å²) in [6.45, 7) is 12.3. The SMILES string of the molecule is CCCC1CCN(Cc2csc(CNCC(C)C)n2)C1. The summed E-state index contributed by atoms with van der Waals surface area (Å²) >= 11 is 1.80. The van der Waals surface area contributed by atoms with Gasteiger partial charge in [0.15, 0.2) is 0 Å². The molecule has 1 N–H and O–H groups in total. The predicted molar refractivity (Wildman–Crippen MR) is 87.0 cm³/mol. The highest BCUT2D eigenvalue weighted by Gasteiger charge is 2.22. The largest absolute Gasteiger partial charge is 0.310 e. The van der Waals surface area contributed by atoms with Crippen molar-refractivity contribution in [2.75, 3.05) is 19.6 Å². The van der Waals surface area contributed by atoms with Crippen LogP contribution in [0.15, 0.2) is 5.38 Å². The van der Waals surface area contributed by atoms with Crippen molar-refractivity contribution in [1.29, 1.82) is 0 Å². The molecule has 4 heteroatoms. The van der Waals surface area contributed by atoms with Crippen molar-refractivity contribution < 1.29 is 0 Å². The molecule has 1 atom stereocenters. The fourth-order valence-corrected chi connectivity index (χ4v) is 3.65. The monoisotopic (exact) mass is 295 g/mol. The second-order valence-electron chi connectivity index (χ2n) is 6.44. The van der Waals surface area contributed by atoms with E-state index >= 15 is 0 Å². The molecule has 2 heterocycles. The number of rotatable bonds is 8. The van der Waals surface area contributed by atoms with Crippen LogP contribution in [0.5, 0.6) is 0 Å². The molecule has 0 aliphatic carbocycles. The third-order valence-corrected chi connectivity index (χ3v) is 4.78. The highest BCUT2D eigenvalue weighted by Crippen LogP contribution is 2.22.